The van der Waals surface area contributed by atoms with Crippen molar-refractivity contribution < 1.29 is 9.18 Å². The molecule has 7 nitrogen and oxygen atoms in total. The third-order valence-electron chi connectivity index (χ3n) is 4.32. The van der Waals surface area contributed by atoms with Gasteiger partial charge in [0.15, 0.2) is 5.65 Å². The second-order valence-corrected chi connectivity index (χ2v) is 6.42. The van der Waals surface area contributed by atoms with Crippen molar-refractivity contribution in [3.05, 3.63) is 66.7 Å². The summed E-state index contributed by atoms with van der Waals surface area (Å²) in [5, 5.41) is 9.90. The van der Waals surface area contributed by atoms with E-state index < -0.39 is 0 Å². The molecular weight excluding hydrogens is 371 g/mol. The molecule has 0 saturated carbocycles. The first-order valence-electron chi connectivity index (χ1n) is 9.26. The molecule has 3 heterocycles. The Morgan fingerprint density at radius 2 is 1.93 bits per heavy atom. The molecule has 2 N–H and O–H groups in total. The van der Waals surface area contributed by atoms with Crippen LogP contribution in [-0.2, 0) is 0 Å². The maximum atomic E-state index is 13.4. The number of anilines is 1. The van der Waals surface area contributed by atoms with Gasteiger partial charge in [-0.05, 0) is 55.0 Å². The van der Waals surface area contributed by atoms with Gasteiger partial charge in [0, 0.05) is 30.1 Å². The van der Waals surface area contributed by atoms with Crippen LogP contribution < -0.4 is 10.6 Å². The first kappa shape index (κ1) is 18.5. The van der Waals surface area contributed by atoms with Crippen LogP contribution in [0.2, 0.25) is 0 Å². The standard InChI is InChI=1S/C21H19FN6O/c1-2-10-24-21(29)26-17-13-15(9-12-23-17)20-19(14-5-7-16(22)8-6-14)27-18-4-3-11-25-28(18)20/h3-9,11-13H,2,10H2,1H3,(H2,23,24,26,29). The monoisotopic (exact) mass is 390 g/mol. The molecule has 0 spiro atoms. The van der Waals surface area contributed by atoms with Gasteiger partial charge >= 0.3 is 6.03 Å². The molecule has 0 radical (unpaired) electrons. The molecular formula is C21H19FN6O. The summed E-state index contributed by atoms with van der Waals surface area (Å²) in [5.74, 6) is 0.0951. The van der Waals surface area contributed by atoms with E-state index in [0.717, 1.165) is 23.2 Å². The molecule has 2 amide bonds. The van der Waals surface area contributed by atoms with E-state index in [9.17, 15) is 9.18 Å². The zero-order valence-electron chi connectivity index (χ0n) is 15.8. The Morgan fingerprint density at radius 3 is 2.72 bits per heavy atom. The molecule has 0 aliphatic rings. The normalized spacial score (nSPS) is 10.8. The predicted molar refractivity (Wildman–Crippen MR) is 109 cm³/mol. The average molecular weight is 390 g/mol. The highest BCUT2D eigenvalue weighted by atomic mass is 19.1. The Balaban J connectivity index is 1.79. The van der Waals surface area contributed by atoms with Gasteiger partial charge in [0.1, 0.15) is 17.3 Å². The number of urea groups is 1. The molecule has 29 heavy (non-hydrogen) atoms. The van der Waals surface area contributed by atoms with Crippen LogP contribution in [0.15, 0.2) is 60.9 Å². The topological polar surface area (TPSA) is 84.2 Å². The maximum absolute atomic E-state index is 13.4. The predicted octanol–water partition coefficient (Wildman–Crippen LogP) is 4.13. The summed E-state index contributed by atoms with van der Waals surface area (Å²) < 4.78 is 15.1. The lowest BCUT2D eigenvalue weighted by atomic mass is 10.1. The van der Waals surface area contributed by atoms with Gasteiger partial charge in [-0.2, -0.15) is 5.10 Å². The number of halogens is 1. The highest BCUT2D eigenvalue weighted by molar-refractivity contribution is 5.89. The largest absolute Gasteiger partial charge is 0.338 e. The molecule has 4 aromatic rings. The van der Waals surface area contributed by atoms with Gasteiger partial charge in [0.2, 0.25) is 0 Å². The second-order valence-electron chi connectivity index (χ2n) is 6.42. The fraction of sp³-hybridized carbons (Fsp3) is 0.143. The van der Waals surface area contributed by atoms with Crippen LogP contribution in [0.4, 0.5) is 15.0 Å². The third kappa shape index (κ3) is 3.91. The Bertz CT molecular complexity index is 1160. The van der Waals surface area contributed by atoms with E-state index in [1.54, 1.807) is 41.2 Å². The molecule has 8 heteroatoms. The third-order valence-corrected chi connectivity index (χ3v) is 4.32. The van der Waals surface area contributed by atoms with Gasteiger partial charge < -0.3 is 5.32 Å². The minimum absolute atomic E-state index is 0.313. The molecule has 3 aromatic heterocycles. The zero-order chi connectivity index (χ0) is 20.2. The number of fused-ring (bicyclic) bond motifs is 1. The summed E-state index contributed by atoms with van der Waals surface area (Å²) in [6, 6.07) is 13.1. The van der Waals surface area contributed by atoms with Gasteiger partial charge in [0.05, 0.1) is 5.69 Å². The SMILES string of the molecule is CCCNC(=O)Nc1cc(-c2c(-c3ccc(F)cc3)nc3cccnn23)ccn1. The van der Waals surface area contributed by atoms with Crippen LogP contribution in [0.1, 0.15) is 13.3 Å². The van der Waals surface area contributed by atoms with Gasteiger partial charge in [0.25, 0.3) is 0 Å². The van der Waals surface area contributed by atoms with Crippen LogP contribution >= 0.6 is 0 Å². The molecule has 0 aliphatic carbocycles. The smallest absolute Gasteiger partial charge is 0.320 e. The fourth-order valence-electron chi connectivity index (χ4n) is 3.00. The Labute approximate surface area is 166 Å². The molecule has 0 aliphatic heterocycles. The molecule has 0 atom stereocenters. The van der Waals surface area contributed by atoms with Crippen molar-refractivity contribution in [3.63, 3.8) is 0 Å². The van der Waals surface area contributed by atoms with E-state index in [1.807, 2.05) is 19.1 Å². The summed E-state index contributed by atoms with van der Waals surface area (Å²) >= 11 is 0. The van der Waals surface area contributed by atoms with Crippen molar-refractivity contribution in [1.82, 2.24) is 24.9 Å². The number of carbonyl (C=O) groups is 1. The van der Waals surface area contributed by atoms with Crippen molar-refractivity contribution in [3.8, 4) is 22.5 Å². The maximum Gasteiger partial charge on any atom is 0.320 e. The van der Waals surface area contributed by atoms with E-state index in [4.69, 9.17) is 0 Å². The Kier molecular flexibility index (Phi) is 5.15. The molecule has 4 rings (SSSR count). The summed E-state index contributed by atoms with van der Waals surface area (Å²) in [5.41, 5.74) is 3.59. The molecule has 0 fully saturated rings. The van der Waals surface area contributed by atoms with Crippen LogP contribution in [0, 0.1) is 5.82 Å². The van der Waals surface area contributed by atoms with Crippen LogP contribution in [0.5, 0.6) is 0 Å². The van der Waals surface area contributed by atoms with Gasteiger partial charge in [-0.1, -0.05) is 6.92 Å². The first-order valence-corrected chi connectivity index (χ1v) is 9.26. The van der Waals surface area contributed by atoms with Crippen LogP contribution in [-0.4, -0.2) is 32.2 Å². The molecule has 0 unspecified atom stereocenters. The number of nitrogens with one attached hydrogen (secondary N) is 2. The average Bonchev–Trinajstić information content (AvgIpc) is 3.12. The number of hydrogen-bond donors (Lipinski definition) is 2. The number of carbonyl (C=O) groups excluding carboxylic acids is 1. The second kappa shape index (κ2) is 8.05. The van der Waals surface area contributed by atoms with Crippen molar-refractivity contribution >= 4 is 17.5 Å². The number of pyridine rings is 1. The van der Waals surface area contributed by atoms with Crippen molar-refractivity contribution in [2.75, 3.05) is 11.9 Å². The van der Waals surface area contributed by atoms with Gasteiger partial charge in [-0.3, -0.25) is 5.32 Å². The molecule has 0 bridgehead atoms. The number of aromatic nitrogens is 4. The van der Waals surface area contributed by atoms with E-state index in [2.05, 4.69) is 25.7 Å². The summed E-state index contributed by atoms with van der Waals surface area (Å²) in [4.78, 5) is 20.9. The van der Waals surface area contributed by atoms with Crippen molar-refractivity contribution in [2.45, 2.75) is 13.3 Å². The van der Waals surface area contributed by atoms with E-state index in [0.29, 0.717) is 23.7 Å². The number of benzene rings is 1. The number of nitrogens with zero attached hydrogens (tertiary/aromatic N) is 4. The van der Waals surface area contributed by atoms with E-state index >= 15 is 0 Å². The molecule has 1 aromatic carbocycles. The van der Waals surface area contributed by atoms with E-state index in [1.165, 1.54) is 12.1 Å². The van der Waals surface area contributed by atoms with Gasteiger partial charge in [-0.25, -0.2) is 23.7 Å². The summed E-state index contributed by atoms with van der Waals surface area (Å²) in [6.45, 7) is 2.56. The number of amides is 2. The highest BCUT2D eigenvalue weighted by Crippen LogP contribution is 2.32. The lowest BCUT2D eigenvalue weighted by Gasteiger charge is -2.09. The fourth-order valence-corrected chi connectivity index (χ4v) is 3.00. The number of hydrogen-bond acceptors (Lipinski definition) is 4. The highest BCUT2D eigenvalue weighted by Gasteiger charge is 2.17. The van der Waals surface area contributed by atoms with Crippen molar-refractivity contribution in [2.24, 2.45) is 0 Å². The van der Waals surface area contributed by atoms with Gasteiger partial charge in [-0.15, -0.1) is 0 Å². The lowest BCUT2D eigenvalue weighted by Crippen LogP contribution is -2.29. The first-order chi connectivity index (χ1) is 14.2. The summed E-state index contributed by atoms with van der Waals surface area (Å²) in [7, 11) is 0. The molecule has 146 valence electrons. The zero-order valence-corrected chi connectivity index (χ0v) is 15.8. The minimum atomic E-state index is -0.314. The van der Waals surface area contributed by atoms with E-state index in [-0.39, 0.29) is 11.8 Å². The Morgan fingerprint density at radius 1 is 1.10 bits per heavy atom. The number of imidazole rings is 1. The number of rotatable bonds is 5. The minimum Gasteiger partial charge on any atom is -0.338 e. The summed E-state index contributed by atoms with van der Waals surface area (Å²) in [6.07, 6.45) is 4.13. The Hall–Kier alpha value is -3.81. The quantitative estimate of drug-likeness (QED) is 0.537. The van der Waals surface area contributed by atoms with Crippen LogP contribution in [0.3, 0.4) is 0 Å². The lowest BCUT2D eigenvalue weighted by molar-refractivity contribution is 0.252. The van der Waals surface area contributed by atoms with Crippen LogP contribution in [0.25, 0.3) is 28.2 Å². The molecule has 0 saturated heterocycles. The van der Waals surface area contributed by atoms with Crippen molar-refractivity contribution in [1.29, 1.82) is 0 Å².